The summed E-state index contributed by atoms with van der Waals surface area (Å²) >= 11 is 3.19. The molecule has 0 radical (unpaired) electrons. The molecule has 0 saturated heterocycles. The van der Waals surface area contributed by atoms with Crippen molar-refractivity contribution in [3.8, 4) is 10.7 Å². The van der Waals surface area contributed by atoms with Crippen LogP contribution in [0.3, 0.4) is 0 Å². The molecule has 0 spiro atoms. The Kier molecular flexibility index (Phi) is 4.05. The zero-order chi connectivity index (χ0) is 15.7. The molecule has 0 fully saturated rings. The lowest BCUT2D eigenvalue weighted by Gasteiger charge is -2.10. The zero-order valence-electron chi connectivity index (χ0n) is 12.9. The summed E-state index contributed by atoms with van der Waals surface area (Å²) in [6, 6.07) is 4.05. The van der Waals surface area contributed by atoms with Crippen LogP contribution in [0.4, 0.5) is 0 Å². The molecule has 0 aromatic carbocycles. The molecular formula is C14H17N5OS2. The lowest BCUT2D eigenvalue weighted by molar-refractivity contribution is 0.372. The molecule has 0 bridgehead atoms. The Labute approximate surface area is 137 Å². The predicted octanol–water partition coefficient (Wildman–Crippen LogP) is 3.52. The van der Waals surface area contributed by atoms with Gasteiger partial charge in [-0.2, -0.15) is 4.98 Å². The number of nitrogens with zero attached hydrogens (tertiary/aromatic N) is 5. The molecule has 116 valence electrons. The third-order valence-electron chi connectivity index (χ3n) is 3.04. The van der Waals surface area contributed by atoms with E-state index in [2.05, 4.69) is 41.1 Å². The summed E-state index contributed by atoms with van der Waals surface area (Å²) in [5, 5.41) is 15.4. The minimum atomic E-state index is -0.108. The van der Waals surface area contributed by atoms with Crippen LogP contribution in [0.5, 0.6) is 0 Å². The summed E-state index contributed by atoms with van der Waals surface area (Å²) in [5.74, 6) is 2.79. The summed E-state index contributed by atoms with van der Waals surface area (Å²) in [6.45, 7) is 6.18. The van der Waals surface area contributed by atoms with Crippen molar-refractivity contribution >= 4 is 23.1 Å². The second-order valence-electron chi connectivity index (χ2n) is 5.89. The Morgan fingerprint density at radius 3 is 2.77 bits per heavy atom. The van der Waals surface area contributed by atoms with Crippen molar-refractivity contribution in [3.63, 3.8) is 0 Å². The maximum absolute atomic E-state index is 5.29. The Hall–Kier alpha value is -1.67. The fraction of sp³-hybridized carbons (Fsp3) is 0.429. The Morgan fingerprint density at radius 1 is 1.32 bits per heavy atom. The molecule has 0 N–H and O–H groups in total. The van der Waals surface area contributed by atoms with Crippen LogP contribution in [-0.4, -0.2) is 24.9 Å². The van der Waals surface area contributed by atoms with Crippen molar-refractivity contribution < 1.29 is 4.52 Å². The molecule has 0 aliphatic carbocycles. The SMILES string of the molecule is Cn1c(SCc2nc(C(C)(C)C)no2)nnc1-c1cccs1. The van der Waals surface area contributed by atoms with E-state index < -0.39 is 0 Å². The standard InChI is InChI=1S/C14H17N5OS2/c1-14(2,3)12-15-10(20-18-12)8-22-13-17-16-11(19(13)4)9-6-5-7-21-9/h5-7H,8H2,1-4H3. The molecule has 0 saturated carbocycles. The molecule has 8 heteroatoms. The number of hydrogen-bond acceptors (Lipinski definition) is 7. The first-order valence-electron chi connectivity index (χ1n) is 6.84. The van der Waals surface area contributed by atoms with Crippen LogP contribution in [0.1, 0.15) is 32.5 Å². The van der Waals surface area contributed by atoms with Gasteiger partial charge in [-0.05, 0) is 11.4 Å². The van der Waals surface area contributed by atoms with E-state index in [1.165, 1.54) is 11.8 Å². The second-order valence-corrected chi connectivity index (χ2v) is 7.78. The van der Waals surface area contributed by atoms with E-state index >= 15 is 0 Å². The Bertz CT molecular complexity index is 755. The van der Waals surface area contributed by atoms with Crippen LogP contribution in [-0.2, 0) is 18.2 Å². The van der Waals surface area contributed by atoms with Gasteiger partial charge in [-0.1, -0.05) is 43.8 Å². The number of thioether (sulfide) groups is 1. The number of hydrogen-bond donors (Lipinski definition) is 0. The maximum Gasteiger partial charge on any atom is 0.237 e. The molecule has 22 heavy (non-hydrogen) atoms. The van der Waals surface area contributed by atoms with Crippen molar-refractivity contribution in [2.75, 3.05) is 0 Å². The van der Waals surface area contributed by atoms with E-state index in [0.29, 0.717) is 11.6 Å². The van der Waals surface area contributed by atoms with E-state index in [1.54, 1.807) is 11.3 Å². The molecule has 0 aliphatic heterocycles. The highest BCUT2D eigenvalue weighted by molar-refractivity contribution is 7.98. The first kappa shape index (κ1) is 15.2. The number of aromatic nitrogens is 5. The molecule has 3 aromatic heterocycles. The van der Waals surface area contributed by atoms with E-state index in [0.717, 1.165) is 21.7 Å². The van der Waals surface area contributed by atoms with Crippen molar-refractivity contribution in [3.05, 3.63) is 29.2 Å². The molecular weight excluding hydrogens is 318 g/mol. The highest BCUT2D eigenvalue weighted by atomic mass is 32.2. The van der Waals surface area contributed by atoms with E-state index in [1.807, 2.05) is 29.1 Å². The van der Waals surface area contributed by atoms with Gasteiger partial charge >= 0.3 is 0 Å². The van der Waals surface area contributed by atoms with E-state index in [9.17, 15) is 0 Å². The summed E-state index contributed by atoms with van der Waals surface area (Å²) in [6.07, 6.45) is 0. The summed E-state index contributed by atoms with van der Waals surface area (Å²) in [5.41, 5.74) is -0.108. The Balaban J connectivity index is 1.71. The average Bonchev–Trinajstić information content (AvgIpc) is 3.16. The summed E-state index contributed by atoms with van der Waals surface area (Å²) in [4.78, 5) is 5.54. The molecule has 6 nitrogen and oxygen atoms in total. The van der Waals surface area contributed by atoms with Crippen molar-refractivity contribution in [2.45, 2.75) is 37.1 Å². The largest absolute Gasteiger partial charge is 0.338 e. The van der Waals surface area contributed by atoms with Crippen LogP contribution in [0, 0.1) is 0 Å². The number of thiophene rings is 1. The lowest BCUT2D eigenvalue weighted by Crippen LogP contribution is -2.13. The fourth-order valence-corrected chi connectivity index (χ4v) is 3.30. The molecule has 0 unspecified atom stereocenters. The van der Waals surface area contributed by atoms with Gasteiger partial charge in [-0.25, -0.2) is 0 Å². The van der Waals surface area contributed by atoms with E-state index in [-0.39, 0.29) is 5.41 Å². The zero-order valence-corrected chi connectivity index (χ0v) is 14.5. The second kappa shape index (κ2) is 5.85. The summed E-state index contributed by atoms with van der Waals surface area (Å²) < 4.78 is 7.28. The van der Waals surface area contributed by atoms with Gasteiger partial charge in [0.05, 0.1) is 10.6 Å². The van der Waals surface area contributed by atoms with Crippen LogP contribution >= 0.6 is 23.1 Å². The van der Waals surface area contributed by atoms with Crippen molar-refractivity contribution in [2.24, 2.45) is 7.05 Å². The van der Waals surface area contributed by atoms with Gasteiger partial charge in [0, 0.05) is 12.5 Å². The fourth-order valence-electron chi connectivity index (χ4n) is 1.81. The van der Waals surface area contributed by atoms with Gasteiger partial charge in [0.25, 0.3) is 0 Å². The maximum atomic E-state index is 5.29. The number of rotatable bonds is 4. The van der Waals surface area contributed by atoms with E-state index in [4.69, 9.17) is 4.52 Å². The third kappa shape index (κ3) is 3.07. The van der Waals surface area contributed by atoms with Gasteiger partial charge < -0.3 is 9.09 Å². The summed E-state index contributed by atoms with van der Waals surface area (Å²) in [7, 11) is 1.96. The molecule has 3 heterocycles. The Morgan fingerprint density at radius 2 is 2.14 bits per heavy atom. The minimum Gasteiger partial charge on any atom is -0.338 e. The first-order chi connectivity index (χ1) is 10.4. The smallest absolute Gasteiger partial charge is 0.237 e. The van der Waals surface area contributed by atoms with Crippen LogP contribution < -0.4 is 0 Å². The van der Waals surface area contributed by atoms with Gasteiger partial charge in [-0.15, -0.1) is 21.5 Å². The van der Waals surface area contributed by atoms with Crippen molar-refractivity contribution in [1.82, 2.24) is 24.9 Å². The van der Waals surface area contributed by atoms with Gasteiger partial charge in [0.15, 0.2) is 16.8 Å². The van der Waals surface area contributed by atoms with Gasteiger partial charge in [0.1, 0.15) is 0 Å². The molecule has 0 amide bonds. The van der Waals surface area contributed by atoms with Crippen LogP contribution in [0.25, 0.3) is 10.7 Å². The normalized spacial score (nSPS) is 12.0. The highest BCUT2D eigenvalue weighted by Gasteiger charge is 2.21. The van der Waals surface area contributed by atoms with Crippen LogP contribution in [0.15, 0.2) is 27.2 Å². The highest BCUT2D eigenvalue weighted by Crippen LogP contribution is 2.28. The lowest BCUT2D eigenvalue weighted by atomic mass is 9.96. The average molecular weight is 335 g/mol. The van der Waals surface area contributed by atoms with Crippen LogP contribution in [0.2, 0.25) is 0 Å². The monoisotopic (exact) mass is 335 g/mol. The molecule has 3 aromatic rings. The predicted molar refractivity (Wildman–Crippen MR) is 86.9 cm³/mol. The van der Waals surface area contributed by atoms with Crippen molar-refractivity contribution in [1.29, 1.82) is 0 Å². The third-order valence-corrected chi connectivity index (χ3v) is 4.91. The molecule has 0 atom stereocenters. The van der Waals surface area contributed by atoms with Gasteiger partial charge in [-0.3, -0.25) is 0 Å². The topological polar surface area (TPSA) is 69.6 Å². The van der Waals surface area contributed by atoms with Gasteiger partial charge in [0.2, 0.25) is 5.89 Å². The quantitative estimate of drug-likeness (QED) is 0.680. The molecule has 3 rings (SSSR count). The molecule has 0 aliphatic rings. The first-order valence-corrected chi connectivity index (χ1v) is 8.71. The minimum absolute atomic E-state index is 0.108.